The van der Waals surface area contributed by atoms with Crippen LogP contribution in [-0.4, -0.2) is 40.6 Å². The average molecular weight is 476 g/mol. The number of fused-ring (bicyclic) bond motifs is 1. The van der Waals surface area contributed by atoms with E-state index >= 15 is 0 Å². The number of aryl methyl sites for hydroxylation is 1. The van der Waals surface area contributed by atoms with E-state index in [4.69, 9.17) is 9.72 Å². The molecule has 3 aromatic rings. The van der Waals surface area contributed by atoms with Gasteiger partial charge in [-0.15, -0.1) is 0 Å². The fourth-order valence-corrected chi connectivity index (χ4v) is 5.20. The van der Waals surface area contributed by atoms with Crippen LogP contribution in [0.25, 0.3) is 16.6 Å². The molecule has 1 aromatic heterocycles. The van der Waals surface area contributed by atoms with Gasteiger partial charge in [0.2, 0.25) is 5.91 Å². The second-order valence-electron chi connectivity index (χ2n) is 9.76. The Kier molecular flexibility index (Phi) is 8.34. The standard InChI is InChI=1S/C29H37N3O3/c1-21-13-16-24(17-14-21)32-28(30-26-12-7-6-11-25(26)29(32)34)22(2)31(19-8-20-35-3)27(33)18-15-23-9-4-5-10-23/h6-7,11-14,16-17,22-23H,4-5,8-10,15,18-20H2,1-3H3. The van der Waals surface area contributed by atoms with Crippen molar-refractivity contribution in [3.8, 4) is 5.69 Å². The van der Waals surface area contributed by atoms with Gasteiger partial charge in [-0.1, -0.05) is 55.5 Å². The highest BCUT2D eigenvalue weighted by Crippen LogP contribution is 2.30. The Bertz CT molecular complexity index is 1200. The molecule has 0 N–H and O–H groups in total. The van der Waals surface area contributed by atoms with E-state index in [-0.39, 0.29) is 17.5 Å². The Balaban J connectivity index is 1.74. The molecule has 1 atom stereocenters. The van der Waals surface area contributed by atoms with Gasteiger partial charge in [-0.3, -0.25) is 14.2 Å². The van der Waals surface area contributed by atoms with Crippen LogP contribution in [-0.2, 0) is 9.53 Å². The van der Waals surface area contributed by atoms with Crippen LogP contribution in [0.3, 0.4) is 0 Å². The molecule has 1 heterocycles. The second kappa shape index (κ2) is 11.6. The van der Waals surface area contributed by atoms with Crippen LogP contribution in [0.15, 0.2) is 53.3 Å². The number of ether oxygens (including phenoxy) is 1. The topological polar surface area (TPSA) is 64.4 Å². The van der Waals surface area contributed by atoms with Gasteiger partial charge in [-0.05, 0) is 56.9 Å². The molecule has 1 fully saturated rings. The number of hydrogen-bond donors (Lipinski definition) is 0. The fraction of sp³-hybridized carbons (Fsp3) is 0.483. The Morgan fingerprint density at radius 1 is 1.14 bits per heavy atom. The van der Waals surface area contributed by atoms with Gasteiger partial charge < -0.3 is 9.64 Å². The van der Waals surface area contributed by atoms with Crippen LogP contribution in [0.1, 0.15) is 69.3 Å². The number of amides is 1. The lowest BCUT2D eigenvalue weighted by Gasteiger charge is -2.31. The van der Waals surface area contributed by atoms with E-state index in [2.05, 4.69) is 0 Å². The highest BCUT2D eigenvalue weighted by atomic mass is 16.5. The van der Waals surface area contributed by atoms with E-state index in [1.165, 1.54) is 25.7 Å². The van der Waals surface area contributed by atoms with Crippen molar-refractivity contribution in [3.05, 3.63) is 70.3 Å². The van der Waals surface area contributed by atoms with Gasteiger partial charge >= 0.3 is 0 Å². The first-order chi connectivity index (χ1) is 17.0. The minimum absolute atomic E-state index is 0.114. The third-order valence-electron chi connectivity index (χ3n) is 7.24. The summed E-state index contributed by atoms with van der Waals surface area (Å²) >= 11 is 0. The van der Waals surface area contributed by atoms with Crippen LogP contribution < -0.4 is 5.56 Å². The van der Waals surface area contributed by atoms with Gasteiger partial charge in [0, 0.05) is 26.7 Å². The summed E-state index contributed by atoms with van der Waals surface area (Å²) in [7, 11) is 1.68. The maximum Gasteiger partial charge on any atom is 0.266 e. The van der Waals surface area contributed by atoms with E-state index in [1.807, 2.05) is 67.3 Å². The molecule has 1 unspecified atom stereocenters. The summed E-state index contributed by atoms with van der Waals surface area (Å²) in [5, 5.41) is 0.572. The zero-order chi connectivity index (χ0) is 24.8. The SMILES string of the molecule is COCCCN(C(=O)CCC1CCCC1)C(C)c1nc2ccccc2c(=O)n1-c1ccc(C)cc1. The van der Waals surface area contributed by atoms with Crippen molar-refractivity contribution in [1.82, 2.24) is 14.5 Å². The summed E-state index contributed by atoms with van der Waals surface area (Å²) in [5.41, 5.74) is 2.42. The number of nitrogens with zero attached hydrogens (tertiary/aromatic N) is 3. The number of rotatable bonds is 10. The number of benzene rings is 2. The molecule has 2 aromatic carbocycles. The highest BCUT2D eigenvalue weighted by Gasteiger charge is 2.27. The zero-order valence-electron chi connectivity index (χ0n) is 21.2. The first-order valence-corrected chi connectivity index (χ1v) is 12.9. The molecule has 0 radical (unpaired) electrons. The molecule has 4 rings (SSSR count). The molecule has 6 heteroatoms. The molecule has 1 saturated carbocycles. The predicted octanol–water partition coefficient (Wildman–Crippen LogP) is 5.59. The van der Waals surface area contributed by atoms with Gasteiger partial charge in [0.1, 0.15) is 5.82 Å². The van der Waals surface area contributed by atoms with Crippen molar-refractivity contribution in [1.29, 1.82) is 0 Å². The molecule has 0 aliphatic heterocycles. The number of methoxy groups -OCH3 is 1. The maximum absolute atomic E-state index is 13.7. The fourth-order valence-electron chi connectivity index (χ4n) is 5.20. The summed E-state index contributed by atoms with van der Waals surface area (Å²) in [6, 6.07) is 14.9. The summed E-state index contributed by atoms with van der Waals surface area (Å²) < 4.78 is 6.95. The van der Waals surface area contributed by atoms with Crippen LogP contribution in [0, 0.1) is 12.8 Å². The number of aromatic nitrogens is 2. The monoisotopic (exact) mass is 475 g/mol. The third-order valence-corrected chi connectivity index (χ3v) is 7.24. The smallest absolute Gasteiger partial charge is 0.266 e. The molecular formula is C29H37N3O3. The number of carbonyl (C=O) groups is 1. The molecule has 186 valence electrons. The van der Waals surface area contributed by atoms with Gasteiger partial charge in [0.15, 0.2) is 0 Å². The van der Waals surface area contributed by atoms with Crippen molar-refractivity contribution >= 4 is 16.8 Å². The average Bonchev–Trinajstić information content (AvgIpc) is 3.39. The lowest BCUT2D eigenvalue weighted by Crippen LogP contribution is -2.38. The quantitative estimate of drug-likeness (QED) is 0.359. The number of hydrogen-bond acceptors (Lipinski definition) is 4. The number of carbonyl (C=O) groups excluding carboxylic acids is 1. The van der Waals surface area contributed by atoms with Gasteiger partial charge in [0.25, 0.3) is 5.56 Å². The predicted molar refractivity (Wildman–Crippen MR) is 140 cm³/mol. The Hall–Kier alpha value is -2.99. The molecule has 1 aliphatic rings. The Morgan fingerprint density at radius 2 is 1.86 bits per heavy atom. The molecule has 0 saturated heterocycles. The summed E-state index contributed by atoms with van der Waals surface area (Å²) in [6.45, 7) is 5.15. The molecule has 0 spiro atoms. The van der Waals surface area contributed by atoms with Crippen molar-refractivity contribution in [2.45, 2.75) is 64.8 Å². The van der Waals surface area contributed by atoms with E-state index in [9.17, 15) is 9.59 Å². The second-order valence-corrected chi connectivity index (χ2v) is 9.76. The zero-order valence-corrected chi connectivity index (χ0v) is 21.2. The Morgan fingerprint density at radius 3 is 2.57 bits per heavy atom. The van der Waals surface area contributed by atoms with Crippen molar-refractivity contribution < 1.29 is 9.53 Å². The third kappa shape index (κ3) is 5.81. The van der Waals surface area contributed by atoms with E-state index in [0.717, 1.165) is 24.1 Å². The highest BCUT2D eigenvalue weighted by molar-refractivity contribution is 5.79. The van der Waals surface area contributed by atoms with Gasteiger partial charge in [0.05, 0.1) is 22.6 Å². The maximum atomic E-state index is 13.7. The van der Waals surface area contributed by atoms with E-state index in [0.29, 0.717) is 42.2 Å². The normalized spacial score (nSPS) is 14.9. The first-order valence-electron chi connectivity index (χ1n) is 12.9. The molecular weight excluding hydrogens is 438 g/mol. The van der Waals surface area contributed by atoms with E-state index < -0.39 is 0 Å². The first kappa shape index (κ1) is 25.1. The molecule has 0 bridgehead atoms. The van der Waals surface area contributed by atoms with Crippen LogP contribution >= 0.6 is 0 Å². The molecule has 6 nitrogen and oxygen atoms in total. The summed E-state index contributed by atoms with van der Waals surface area (Å²) in [5.74, 6) is 1.36. The van der Waals surface area contributed by atoms with Crippen LogP contribution in [0.4, 0.5) is 0 Å². The lowest BCUT2D eigenvalue weighted by molar-refractivity contribution is -0.134. The van der Waals surface area contributed by atoms with Gasteiger partial charge in [-0.25, -0.2) is 4.98 Å². The minimum atomic E-state index is -0.360. The van der Waals surface area contributed by atoms with Gasteiger partial charge in [-0.2, -0.15) is 0 Å². The Labute approximate surface area is 207 Å². The molecule has 1 amide bonds. The molecule has 1 aliphatic carbocycles. The lowest BCUT2D eigenvalue weighted by atomic mass is 10.0. The summed E-state index contributed by atoms with van der Waals surface area (Å²) in [4.78, 5) is 34.1. The van der Waals surface area contributed by atoms with Crippen LogP contribution in [0.2, 0.25) is 0 Å². The number of para-hydroxylation sites is 1. The largest absolute Gasteiger partial charge is 0.385 e. The van der Waals surface area contributed by atoms with Crippen molar-refractivity contribution in [3.63, 3.8) is 0 Å². The van der Waals surface area contributed by atoms with Crippen molar-refractivity contribution in [2.24, 2.45) is 5.92 Å². The summed E-state index contributed by atoms with van der Waals surface area (Å²) in [6.07, 6.45) is 7.20. The van der Waals surface area contributed by atoms with E-state index in [1.54, 1.807) is 11.7 Å². The van der Waals surface area contributed by atoms with Crippen LogP contribution in [0.5, 0.6) is 0 Å². The van der Waals surface area contributed by atoms with Crippen molar-refractivity contribution in [2.75, 3.05) is 20.3 Å². The minimum Gasteiger partial charge on any atom is -0.385 e. The molecule has 35 heavy (non-hydrogen) atoms.